The van der Waals surface area contributed by atoms with Crippen molar-refractivity contribution in [1.82, 2.24) is 9.55 Å². The maximum atomic E-state index is 13.2. The number of para-hydroxylation sites is 1. The van der Waals surface area contributed by atoms with E-state index in [1.807, 2.05) is 48.5 Å². The minimum atomic E-state index is -1.71. The van der Waals surface area contributed by atoms with Crippen molar-refractivity contribution in [2.75, 3.05) is 0 Å². The standard InChI is InChI=1S/C23H13BrN2O2/c24-17-10-6-12-19-20(17)23(28,14-13-15-7-2-1-3-8-15)22-25-18-11-5-4-9-16(18)21(27)26(19)22/h1-12,28H. The Labute approximate surface area is 169 Å². The molecule has 0 amide bonds. The van der Waals surface area contributed by atoms with Gasteiger partial charge < -0.3 is 5.11 Å². The van der Waals surface area contributed by atoms with E-state index >= 15 is 0 Å². The Bertz CT molecular complexity index is 1370. The van der Waals surface area contributed by atoms with Gasteiger partial charge in [-0.3, -0.25) is 9.36 Å². The lowest BCUT2D eigenvalue weighted by Gasteiger charge is -2.18. The number of nitrogens with zero attached hydrogens (tertiary/aromatic N) is 2. The van der Waals surface area contributed by atoms with Crippen molar-refractivity contribution >= 4 is 26.8 Å². The number of benzene rings is 3. The van der Waals surface area contributed by atoms with Crippen LogP contribution in [0.4, 0.5) is 0 Å². The second-order valence-electron chi connectivity index (χ2n) is 6.55. The zero-order valence-electron chi connectivity index (χ0n) is 14.6. The minimum absolute atomic E-state index is 0.210. The van der Waals surface area contributed by atoms with E-state index in [-0.39, 0.29) is 11.4 Å². The predicted molar refractivity (Wildman–Crippen MR) is 111 cm³/mol. The maximum absolute atomic E-state index is 13.2. The molecular formula is C23H13BrN2O2. The highest BCUT2D eigenvalue weighted by Gasteiger charge is 2.45. The Hall–Kier alpha value is -3.20. The molecule has 1 atom stereocenters. The average molecular weight is 429 g/mol. The minimum Gasteiger partial charge on any atom is -0.367 e. The maximum Gasteiger partial charge on any atom is 0.266 e. The molecule has 0 saturated carbocycles. The van der Waals surface area contributed by atoms with Crippen molar-refractivity contribution in [2.45, 2.75) is 5.60 Å². The molecule has 5 rings (SSSR count). The predicted octanol–water partition coefficient (Wildman–Crippen LogP) is 3.75. The molecule has 4 aromatic rings. The summed E-state index contributed by atoms with van der Waals surface area (Å²) in [4.78, 5) is 17.8. The molecule has 0 fully saturated rings. The van der Waals surface area contributed by atoms with Gasteiger partial charge in [-0.05, 0) is 42.3 Å². The van der Waals surface area contributed by atoms with Crippen molar-refractivity contribution in [2.24, 2.45) is 0 Å². The molecule has 0 bridgehead atoms. The molecule has 0 radical (unpaired) electrons. The highest BCUT2D eigenvalue weighted by atomic mass is 79.9. The van der Waals surface area contributed by atoms with E-state index in [9.17, 15) is 9.90 Å². The van der Waals surface area contributed by atoms with Gasteiger partial charge in [0.2, 0.25) is 5.60 Å². The normalized spacial score (nSPS) is 16.9. The second kappa shape index (κ2) is 6.16. The van der Waals surface area contributed by atoms with Crippen LogP contribution in [-0.4, -0.2) is 14.7 Å². The van der Waals surface area contributed by atoms with Crippen LogP contribution in [0.1, 0.15) is 17.0 Å². The van der Waals surface area contributed by atoms with Crippen LogP contribution >= 0.6 is 15.9 Å². The smallest absolute Gasteiger partial charge is 0.266 e. The van der Waals surface area contributed by atoms with Gasteiger partial charge >= 0.3 is 0 Å². The lowest BCUT2D eigenvalue weighted by molar-refractivity contribution is 0.140. The van der Waals surface area contributed by atoms with E-state index in [0.29, 0.717) is 26.6 Å². The Morgan fingerprint density at radius 2 is 1.71 bits per heavy atom. The third-order valence-corrected chi connectivity index (χ3v) is 5.52. The fraction of sp³-hybridized carbons (Fsp3) is 0.0435. The first-order valence-electron chi connectivity index (χ1n) is 8.72. The van der Waals surface area contributed by atoms with Gasteiger partial charge in [0.15, 0.2) is 5.82 Å². The number of halogens is 1. The zero-order chi connectivity index (χ0) is 19.3. The summed E-state index contributed by atoms with van der Waals surface area (Å²) in [5.41, 5.74) is 0.469. The van der Waals surface area contributed by atoms with Crippen molar-refractivity contribution in [1.29, 1.82) is 0 Å². The summed E-state index contributed by atoms with van der Waals surface area (Å²) in [5, 5.41) is 12.2. The van der Waals surface area contributed by atoms with Gasteiger partial charge in [0, 0.05) is 15.6 Å². The SMILES string of the molecule is O=c1c2ccccc2nc2n1-c1cccc(Br)c1C2(O)C#Cc1ccccc1. The lowest BCUT2D eigenvalue weighted by Crippen LogP contribution is -2.29. The molecule has 2 heterocycles. The van der Waals surface area contributed by atoms with Crippen LogP contribution in [0.25, 0.3) is 16.6 Å². The van der Waals surface area contributed by atoms with Crippen LogP contribution in [0.2, 0.25) is 0 Å². The highest BCUT2D eigenvalue weighted by Crippen LogP contribution is 2.43. The van der Waals surface area contributed by atoms with Gasteiger partial charge in [0.1, 0.15) is 0 Å². The summed E-state index contributed by atoms with van der Waals surface area (Å²) in [5.74, 6) is 6.21. The van der Waals surface area contributed by atoms with E-state index in [4.69, 9.17) is 0 Å². The molecular weight excluding hydrogens is 416 g/mol. The van der Waals surface area contributed by atoms with Gasteiger partial charge in [-0.2, -0.15) is 0 Å². The van der Waals surface area contributed by atoms with Crippen LogP contribution in [0.15, 0.2) is 82.1 Å². The fourth-order valence-electron chi connectivity index (χ4n) is 3.57. The molecule has 1 aliphatic rings. The van der Waals surface area contributed by atoms with Crippen molar-refractivity contribution in [3.8, 4) is 17.5 Å². The van der Waals surface area contributed by atoms with Crippen LogP contribution in [0.3, 0.4) is 0 Å². The first-order valence-corrected chi connectivity index (χ1v) is 9.51. The van der Waals surface area contributed by atoms with E-state index in [1.54, 1.807) is 24.3 Å². The molecule has 1 aliphatic heterocycles. The number of fused-ring (bicyclic) bond motifs is 4. The number of aromatic nitrogens is 2. The lowest BCUT2D eigenvalue weighted by atomic mass is 9.94. The zero-order valence-corrected chi connectivity index (χ0v) is 16.1. The number of rotatable bonds is 0. The van der Waals surface area contributed by atoms with Crippen LogP contribution in [-0.2, 0) is 5.60 Å². The van der Waals surface area contributed by atoms with E-state index in [1.165, 1.54) is 4.57 Å². The first kappa shape index (κ1) is 16.9. The molecule has 0 aliphatic carbocycles. The third-order valence-electron chi connectivity index (χ3n) is 4.86. The number of aliphatic hydroxyl groups is 1. The Morgan fingerprint density at radius 1 is 0.964 bits per heavy atom. The molecule has 1 N–H and O–H groups in total. The quantitative estimate of drug-likeness (QED) is 0.434. The summed E-state index contributed by atoms with van der Waals surface area (Å²) in [7, 11) is 0. The van der Waals surface area contributed by atoms with E-state index < -0.39 is 5.60 Å². The second-order valence-corrected chi connectivity index (χ2v) is 7.41. The summed E-state index contributed by atoms with van der Waals surface area (Å²) >= 11 is 3.52. The van der Waals surface area contributed by atoms with Gasteiger partial charge in [0.05, 0.1) is 16.6 Å². The van der Waals surface area contributed by atoms with Crippen molar-refractivity contribution < 1.29 is 5.11 Å². The highest BCUT2D eigenvalue weighted by molar-refractivity contribution is 9.10. The van der Waals surface area contributed by atoms with Crippen LogP contribution in [0, 0.1) is 11.8 Å². The monoisotopic (exact) mass is 428 g/mol. The Morgan fingerprint density at radius 3 is 2.54 bits per heavy atom. The first-order chi connectivity index (χ1) is 13.6. The van der Waals surface area contributed by atoms with Crippen molar-refractivity contribution in [3.05, 3.63) is 105 Å². The summed E-state index contributed by atoms with van der Waals surface area (Å²) in [6.07, 6.45) is 0. The molecule has 3 aromatic carbocycles. The largest absolute Gasteiger partial charge is 0.367 e. The number of hydrogen-bond acceptors (Lipinski definition) is 3. The molecule has 4 nitrogen and oxygen atoms in total. The van der Waals surface area contributed by atoms with Crippen molar-refractivity contribution in [3.63, 3.8) is 0 Å². The van der Waals surface area contributed by atoms with Gasteiger partial charge in [0.25, 0.3) is 5.56 Å². The molecule has 1 unspecified atom stereocenters. The molecule has 134 valence electrons. The Kier molecular flexibility index (Phi) is 3.73. The van der Waals surface area contributed by atoms with Crippen LogP contribution < -0.4 is 5.56 Å². The summed E-state index contributed by atoms with van der Waals surface area (Å²) in [6.45, 7) is 0. The van der Waals surface area contributed by atoms with E-state index in [0.717, 1.165) is 5.56 Å². The topological polar surface area (TPSA) is 55.1 Å². The van der Waals surface area contributed by atoms with E-state index in [2.05, 4.69) is 32.8 Å². The molecule has 1 aromatic heterocycles. The summed E-state index contributed by atoms with van der Waals surface area (Å²) < 4.78 is 2.13. The summed E-state index contributed by atoms with van der Waals surface area (Å²) in [6, 6.07) is 22.0. The third kappa shape index (κ3) is 2.36. The molecule has 5 heteroatoms. The van der Waals surface area contributed by atoms with Gasteiger partial charge in [-0.1, -0.05) is 58.2 Å². The fourth-order valence-corrected chi connectivity index (χ4v) is 4.21. The molecule has 0 spiro atoms. The molecule has 28 heavy (non-hydrogen) atoms. The van der Waals surface area contributed by atoms with Crippen LogP contribution in [0.5, 0.6) is 0 Å². The number of hydrogen-bond donors (Lipinski definition) is 1. The van der Waals surface area contributed by atoms with Gasteiger partial charge in [-0.25, -0.2) is 4.98 Å². The Balaban J connectivity index is 1.88. The van der Waals surface area contributed by atoms with Gasteiger partial charge in [-0.15, -0.1) is 0 Å². The average Bonchev–Trinajstić information content (AvgIpc) is 2.98. The molecule has 0 saturated heterocycles.